The number of aromatic nitrogens is 1. The van der Waals surface area contributed by atoms with Gasteiger partial charge in [-0.05, 0) is 28.4 Å². The number of hydrogen-bond acceptors (Lipinski definition) is 4. The fourth-order valence-corrected chi connectivity index (χ4v) is 2.62. The summed E-state index contributed by atoms with van der Waals surface area (Å²) in [6.45, 7) is 0.877. The second-order valence-corrected chi connectivity index (χ2v) is 5.77. The van der Waals surface area contributed by atoms with E-state index in [1.54, 1.807) is 7.11 Å². The van der Waals surface area contributed by atoms with Crippen molar-refractivity contribution in [1.82, 2.24) is 9.71 Å². The summed E-state index contributed by atoms with van der Waals surface area (Å²) in [6, 6.07) is 1.51. The molecule has 0 radical (unpaired) electrons. The Balaban J connectivity index is 2.64. The quantitative estimate of drug-likeness (QED) is 0.801. The molecule has 0 unspecified atom stereocenters. The molecule has 1 rings (SSSR count). The molecule has 0 spiro atoms. The van der Waals surface area contributed by atoms with Crippen LogP contribution in [-0.2, 0) is 14.8 Å². The fourth-order valence-electron chi connectivity index (χ4n) is 1.05. The lowest BCUT2D eigenvalue weighted by atomic mass is 10.5. The zero-order chi connectivity index (χ0) is 12.0. The van der Waals surface area contributed by atoms with Crippen molar-refractivity contribution in [2.45, 2.75) is 11.3 Å². The fraction of sp³-hybridized carbons (Fsp3) is 0.444. The van der Waals surface area contributed by atoms with Gasteiger partial charge in [0.05, 0.1) is 0 Å². The highest BCUT2D eigenvalue weighted by Crippen LogP contribution is 2.13. The Kier molecular flexibility index (Phi) is 5.33. The molecule has 0 aromatic carbocycles. The van der Waals surface area contributed by atoms with Crippen LogP contribution in [0.3, 0.4) is 0 Å². The first kappa shape index (κ1) is 13.6. The zero-order valence-corrected chi connectivity index (χ0v) is 11.2. The predicted molar refractivity (Wildman–Crippen MR) is 63.6 cm³/mol. The van der Waals surface area contributed by atoms with Gasteiger partial charge < -0.3 is 4.74 Å². The van der Waals surface area contributed by atoms with Crippen molar-refractivity contribution in [3.63, 3.8) is 0 Å². The van der Waals surface area contributed by atoms with E-state index in [1.807, 2.05) is 0 Å². The molecule has 1 aromatic heterocycles. The van der Waals surface area contributed by atoms with Gasteiger partial charge >= 0.3 is 0 Å². The van der Waals surface area contributed by atoms with Gasteiger partial charge in [-0.25, -0.2) is 13.1 Å². The maximum Gasteiger partial charge on any atom is 0.242 e. The van der Waals surface area contributed by atoms with Crippen LogP contribution in [0.1, 0.15) is 6.42 Å². The zero-order valence-electron chi connectivity index (χ0n) is 8.81. The average Bonchev–Trinajstić information content (AvgIpc) is 2.24. The Morgan fingerprint density at radius 3 is 2.88 bits per heavy atom. The molecule has 0 amide bonds. The van der Waals surface area contributed by atoms with Crippen LogP contribution in [0, 0.1) is 0 Å². The standard InChI is InChI=1S/C9H13BrN2O3S/c1-15-4-2-3-12-16(13,14)9-5-8(10)6-11-7-9/h5-7,12H,2-4H2,1H3. The minimum Gasteiger partial charge on any atom is -0.385 e. The highest BCUT2D eigenvalue weighted by molar-refractivity contribution is 9.10. The van der Waals surface area contributed by atoms with Crippen molar-refractivity contribution in [2.75, 3.05) is 20.3 Å². The molecule has 0 fully saturated rings. The van der Waals surface area contributed by atoms with E-state index >= 15 is 0 Å². The Morgan fingerprint density at radius 2 is 2.25 bits per heavy atom. The van der Waals surface area contributed by atoms with E-state index in [-0.39, 0.29) is 4.90 Å². The first-order chi connectivity index (χ1) is 7.56. The smallest absolute Gasteiger partial charge is 0.242 e. The summed E-state index contributed by atoms with van der Waals surface area (Å²) < 4.78 is 31.4. The van der Waals surface area contributed by atoms with E-state index in [0.29, 0.717) is 24.0 Å². The Morgan fingerprint density at radius 1 is 1.50 bits per heavy atom. The van der Waals surface area contributed by atoms with E-state index in [1.165, 1.54) is 18.5 Å². The van der Waals surface area contributed by atoms with E-state index in [4.69, 9.17) is 4.74 Å². The van der Waals surface area contributed by atoms with Crippen molar-refractivity contribution in [1.29, 1.82) is 0 Å². The van der Waals surface area contributed by atoms with Gasteiger partial charge in [-0.15, -0.1) is 0 Å². The van der Waals surface area contributed by atoms with E-state index in [9.17, 15) is 8.42 Å². The van der Waals surface area contributed by atoms with Crippen LogP contribution in [0.25, 0.3) is 0 Å². The van der Waals surface area contributed by atoms with Crippen LogP contribution in [0.4, 0.5) is 0 Å². The topological polar surface area (TPSA) is 68.3 Å². The van der Waals surface area contributed by atoms with Crippen molar-refractivity contribution < 1.29 is 13.2 Å². The molecule has 0 aliphatic rings. The first-order valence-electron chi connectivity index (χ1n) is 4.65. The molecule has 0 atom stereocenters. The summed E-state index contributed by atoms with van der Waals surface area (Å²) in [6.07, 6.45) is 3.48. The Hall–Kier alpha value is -0.500. The minimum absolute atomic E-state index is 0.152. The number of nitrogens with one attached hydrogen (secondary N) is 1. The highest BCUT2D eigenvalue weighted by Gasteiger charge is 2.13. The van der Waals surface area contributed by atoms with Crippen LogP contribution in [-0.4, -0.2) is 33.7 Å². The number of halogens is 1. The van der Waals surface area contributed by atoms with Crippen LogP contribution in [0.15, 0.2) is 27.8 Å². The molecule has 0 bridgehead atoms. The molecular formula is C9H13BrN2O3S. The number of sulfonamides is 1. The summed E-state index contributed by atoms with van der Waals surface area (Å²) in [4.78, 5) is 3.96. The lowest BCUT2D eigenvalue weighted by Gasteiger charge is -2.06. The summed E-state index contributed by atoms with van der Waals surface area (Å²) in [5.41, 5.74) is 0. The molecule has 16 heavy (non-hydrogen) atoms. The molecule has 1 heterocycles. The number of hydrogen-bond donors (Lipinski definition) is 1. The average molecular weight is 309 g/mol. The van der Waals surface area contributed by atoms with Gasteiger partial charge in [-0.2, -0.15) is 0 Å². The number of rotatable bonds is 6. The molecule has 0 saturated heterocycles. The predicted octanol–water partition coefficient (Wildman–Crippen LogP) is 1.16. The van der Waals surface area contributed by atoms with Crippen LogP contribution in [0.2, 0.25) is 0 Å². The maximum absolute atomic E-state index is 11.7. The van der Waals surface area contributed by atoms with Crippen molar-refractivity contribution in [3.05, 3.63) is 22.9 Å². The SMILES string of the molecule is COCCCNS(=O)(=O)c1cncc(Br)c1. The maximum atomic E-state index is 11.7. The van der Waals surface area contributed by atoms with Gasteiger partial charge in [0.1, 0.15) is 4.90 Å². The third-order valence-corrected chi connectivity index (χ3v) is 3.67. The molecule has 5 nitrogen and oxygen atoms in total. The molecule has 1 N–H and O–H groups in total. The Labute approximate surface area is 103 Å². The third kappa shape index (κ3) is 4.17. The molecule has 90 valence electrons. The van der Waals surface area contributed by atoms with Gasteiger partial charge in [-0.3, -0.25) is 4.98 Å². The highest BCUT2D eigenvalue weighted by atomic mass is 79.9. The van der Waals surface area contributed by atoms with E-state index in [2.05, 4.69) is 25.6 Å². The summed E-state index contributed by atoms with van der Waals surface area (Å²) in [5.74, 6) is 0. The molecule has 0 aliphatic carbocycles. The van der Waals surface area contributed by atoms with E-state index < -0.39 is 10.0 Å². The first-order valence-corrected chi connectivity index (χ1v) is 6.93. The summed E-state index contributed by atoms with van der Waals surface area (Å²) in [7, 11) is -1.89. The van der Waals surface area contributed by atoms with Gasteiger partial charge in [0.25, 0.3) is 0 Å². The normalized spacial score (nSPS) is 11.6. The number of pyridine rings is 1. The van der Waals surface area contributed by atoms with E-state index in [0.717, 1.165) is 0 Å². The van der Waals surface area contributed by atoms with Gasteiger partial charge in [0.15, 0.2) is 0 Å². The van der Waals surface area contributed by atoms with Crippen molar-refractivity contribution >= 4 is 26.0 Å². The van der Waals surface area contributed by atoms with Gasteiger partial charge in [-0.1, -0.05) is 0 Å². The Bertz CT molecular complexity index is 436. The van der Waals surface area contributed by atoms with Crippen LogP contribution >= 0.6 is 15.9 Å². The molecule has 0 saturated carbocycles. The summed E-state index contributed by atoms with van der Waals surface area (Å²) in [5, 5.41) is 0. The lowest BCUT2D eigenvalue weighted by molar-refractivity contribution is 0.196. The van der Waals surface area contributed by atoms with Crippen LogP contribution in [0.5, 0.6) is 0 Å². The third-order valence-electron chi connectivity index (χ3n) is 1.81. The minimum atomic E-state index is -3.46. The largest absolute Gasteiger partial charge is 0.385 e. The van der Waals surface area contributed by atoms with Gasteiger partial charge in [0.2, 0.25) is 10.0 Å². The lowest BCUT2D eigenvalue weighted by Crippen LogP contribution is -2.25. The molecule has 0 aliphatic heterocycles. The van der Waals surface area contributed by atoms with Gasteiger partial charge in [0, 0.05) is 37.1 Å². The van der Waals surface area contributed by atoms with Crippen LogP contribution < -0.4 is 4.72 Å². The molecular weight excluding hydrogens is 296 g/mol. The van der Waals surface area contributed by atoms with Crippen molar-refractivity contribution in [2.24, 2.45) is 0 Å². The number of ether oxygens (including phenoxy) is 1. The monoisotopic (exact) mass is 308 g/mol. The number of nitrogens with zero attached hydrogens (tertiary/aromatic N) is 1. The molecule has 1 aromatic rings. The van der Waals surface area contributed by atoms with Crippen molar-refractivity contribution in [3.8, 4) is 0 Å². The number of methoxy groups -OCH3 is 1. The second-order valence-electron chi connectivity index (χ2n) is 3.08. The second kappa shape index (κ2) is 6.29. The molecule has 7 heteroatoms. The summed E-state index contributed by atoms with van der Waals surface area (Å²) >= 11 is 3.17.